The third-order valence-corrected chi connectivity index (χ3v) is 5.36. The van der Waals surface area contributed by atoms with Crippen molar-refractivity contribution >= 4 is 22.8 Å². The van der Waals surface area contributed by atoms with Gasteiger partial charge < -0.3 is 14.6 Å². The summed E-state index contributed by atoms with van der Waals surface area (Å²) in [5.74, 6) is -0.543. The van der Waals surface area contributed by atoms with Gasteiger partial charge >= 0.3 is 5.97 Å². The van der Waals surface area contributed by atoms with Gasteiger partial charge in [0.2, 0.25) is 5.91 Å². The number of hydrogen-bond acceptors (Lipinski definition) is 3. The molecule has 1 amide bonds. The molecule has 27 heavy (non-hydrogen) atoms. The van der Waals surface area contributed by atoms with Gasteiger partial charge in [-0.25, -0.2) is 4.79 Å². The van der Waals surface area contributed by atoms with Gasteiger partial charge in [-0.15, -0.1) is 0 Å². The average molecular weight is 362 g/mol. The van der Waals surface area contributed by atoms with Crippen LogP contribution in [0.1, 0.15) is 35.3 Å². The Balaban J connectivity index is 1.98. The molecule has 2 atom stereocenters. The summed E-state index contributed by atoms with van der Waals surface area (Å²) in [6.07, 6.45) is 0.438. The quantitative estimate of drug-likeness (QED) is 0.710. The lowest BCUT2D eigenvalue weighted by Gasteiger charge is -2.40. The molecule has 5 heteroatoms. The molecule has 1 aliphatic heterocycles. The maximum absolute atomic E-state index is 12.6. The Morgan fingerprint density at radius 3 is 2.48 bits per heavy atom. The van der Waals surface area contributed by atoms with E-state index in [1.54, 1.807) is 4.90 Å². The van der Waals surface area contributed by atoms with Crippen molar-refractivity contribution < 1.29 is 14.3 Å². The van der Waals surface area contributed by atoms with Gasteiger partial charge in [-0.3, -0.25) is 4.79 Å². The van der Waals surface area contributed by atoms with Gasteiger partial charge in [0.05, 0.1) is 13.2 Å². The molecule has 0 bridgehead atoms. The van der Waals surface area contributed by atoms with Crippen LogP contribution in [0.2, 0.25) is 0 Å². The second-order valence-corrected chi connectivity index (χ2v) is 7.05. The summed E-state index contributed by atoms with van der Waals surface area (Å²) in [6, 6.07) is 15.1. The number of carbonyl (C=O) groups excluding carboxylic acids is 2. The summed E-state index contributed by atoms with van der Waals surface area (Å²) in [5, 5.41) is 1.08. The van der Waals surface area contributed by atoms with Crippen molar-refractivity contribution in [3.63, 3.8) is 0 Å². The van der Waals surface area contributed by atoms with Gasteiger partial charge in [0.1, 0.15) is 6.04 Å². The SMILES string of the molecule is COC(=O)C1Cc2c([nH]c3ccccc23)C(c2ccc(C)cc2)N1C(C)=O. The van der Waals surface area contributed by atoms with Crippen LogP contribution in [0.5, 0.6) is 0 Å². The van der Waals surface area contributed by atoms with E-state index >= 15 is 0 Å². The number of ether oxygens (including phenoxy) is 1. The fourth-order valence-corrected chi connectivity index (χ4v) is 4.10. The molecule has 5 nitrogen and oxygen atoms in total. The highest BCUT2D eigenvalue weighted by Gasteiger charge is 2.42. The molecular formula is C22H22N2O3. The van der Waals surface area contributed by atoms with Crippen LogP contribution in [0.25, 0.3) is 10.9 Å². The molecule has 2 heterocycles. The highest BCUT2D eigenvalue weighted by molar-refractivity contribution is 5.90. The number of aromatic amines is 1. The first-order valence-corrected chi connectivity index (χ1v) is 9.04. The normalized spacial score (nSPS) is 19.0. The van der Waals surface area contributed by atoms with Crippen molar-refractivity contribution in [1.29, 1.82) is 0 Å². The number of H-pyrrole nitrogens is 1. The Kier molecular flexibility index (Phi) is 4.22. The first kappa shape index (κ1) is 17.3. The smallest absolute Gasteiger partial charge is 0.328 e. The topological polar surface area (TPSA) is 62.4 Å². The Labute approximate surface area is 157 Å². The molecule has 1 aromatic heterocycles. The molecule has 2 aromatic carbocycles. The fraction of sp³-hybridized carbons (Fsp3) is 0.273. The van der Waals surface area contributed by atoms with E-state index in [0.717, 1.165) is 33.3 Å². The van der Waals surface area contributed by atoms with E-state index in [-0.39, 0.29) is 11.9 Å². The Bertz CT molecular complexity index is 1020. The lowest BCUT2D eigenvalue weighted by Crippen LogP contribution is -2.51. The summed E-state index contributed by atoms with van der Waals surface area (Å²) in [5.41, 5.74) is 5.16. The Hall–Kier alpha value is -3.08. The van der Waals surface area contributed by atoms with Crippen LogP contribution in [0, 0.1) is 6.92 Å². The number of aromatic nitrogens is 1. The summed E-state index contributed by atoms with van der Waals surface area (Å²) >= 11 is 0. The molecule has 0 radical (unpaired) electrons. The molecule has 1 N–H and O–H groups in total. The van der Waals surface area contributed by atoms with E-state index < -0.39 is 12.0 Å². The molecule has 0 aliphatic carbocycles. The van der Waals surface area contributed by atoms with E-state index in [2.05, 4.69) is 11.1 Å². The Morgan fingerprint density at radius 1 is 1.11 bits per heavy atom. The lowest BCUT2D eigenvalue weighted by atomic mass is 9.87. The minimum absolute atomic E-state index is 0.153. The predicted molar refractivity (Wildman–Crippen MR) is 103 cm³/mol. The predicted octanol–water partition coefficient (Wildman–Crippen LogP) is 3.51. The molecule has 0 fully saturated rings. The minimum Gasteiger partial charge on any atom is -0.467 e. The van der Waals surface area contributed by atoms with Crippen LogP contribution in [0.15, 0.2) is 48.5 Å². The van der Waals surface area contributed by atoms with Crippen molar-refractivity contribution in [1.82, 2.24) is 9.88 Å². The van der Waals surface area contributed by atoms with E-state index in [1.165, 1.54) is 14.0 Å². The van der Waals surface area contributed by atoms with Gasteiger partial charge in [0.15, 0.2) is 0 Å². The van der Waals surface area contributed by atoms with Crippen molar-refractivity contribution in [3.8, 4) is 0 Å². The largest absolute Gasteiger partial charge is 0.467 e. The van der Waals surface area contributed by atoms with E-state index in [0.29, 0.717) is 6.42 Å². The third-order valence-electron chi connectivity index (χ3n) is 5.36. The van der Waals surface area contributed by atoms with Crippen LogP contribution in [-0.4, -0.2) is 34.9 Å². The zero-order valence-corrected chi connectivity index (χ0v) is 15.7. The van der Waals surface area contributed by atoms with E-state index in [4.69, 9.17) is 4.74 Å². The second-order valence-electron chi connectivity index (χ2n) is 7.05. The number of aryl methyl sites for hydroxylation is 1. The van der Waals surface area contributed by atoms with Crippen molar-refractivity contribution in [2.75, 3.05) is 7.11 Å². The van der Waals surface area contributed by atoms with Gasteiger partial charge in [0, 0.05) is 29.9 Å². The number of carbonyl (C=O) groups is 2. The monoisotopic (exact) mass is 362 g/mol. The zero-order chi connectivity index (χ0) is 19.1. The highest BCUT2D eigenvalue weighted by Crippen LogP contribution is 2.41. The third kappa shape index (κ3) is 2.79. The van der Waals surface area contributed by atoms with Crippen LogP contribution in [0.4, 0.5) is 0 Å². The van der Waals surface area contributed by atoms with Crippen molar-refractivity contribution in [2.24, 2.45) is 0 Å². The molecule has 3 aromatic rings. The first-order valence-electron chi connectivity index (χ1n) is 9.04. The lowest BCUT2D eigenvalue weighted by molar-refractivity contribution is -0.154. The molecular weight excluding hydrogens is 340 g/mol. The molecule has 4 rings (SSSR count). The standard InChI is InChI=1S/C22H22N2O3/c1-13-8-10-15(11-9-13)21-20-17(16-6-4-5-7-18(16)23-20)12-19(22(26)27-3)24(21)14(2)25/h4-11,19,21,23H,12H2,1-3H3. The molecule has 0 spiro atoms. The number of nitrogens with one attached hydrogen (secondary N) is 1. The van der Waals surface area contributed by atoms with Crippen molar-refractivity contribution in [3.05, 3.63) is 70.9 Å². The Morgan fingerprint density at radius 2 is 1.81 bits per heavy atom. The summed E-state index contributed by atoms with van der Waals surface area (Å²) in [7, 11) is 1.37. The van der Waals surface area contributed by atoms with Crippen LogP contribution < -0.4 is 0 Å². The number of benzene rings is 2. The number of methoxy groups -OCH3 is 1. The zero-order valence-electron chi connectivity index (χ0n) is 15.7. The molecule has 0 saturated carbocycles. The number of nitrogens with zero attached hydrogens (tertiary/aromatic N) is 1. The van der Waals surface area contributed by atoms with Crippen molar-refractivity contribution in [2.45, 2.75) is 32.4 Å². The van der Waals surface area contributed by atoms with Crippen LogP contribution >= 0.6 is 0 Å². The number of fused-ring (bicyclic) bond motifs is 3. The maximum atomic E-state index is 12.6. The number of para-hydroxylation sites is 1. The van der Waals surface area contributed by atoms with Crippen LogP contribution in [-0.2, 0) is 20.7 Å². The number of hydrogen-bond donors (Lipinski definition) is 1. The van der Waals surface area contributed by atoms with Gasteiger partial charge in [-0.2, -0.15) is 0 Å². The number of rotatable bonds is 2. The maximum Gasteiger partial charge on any atom is 0.328 e. The van der Waals surface area contributed by atoms with E-state index in [9.17, 15) is 9.59 Å². The van der Waals surface area contributed by atoms with Gasteiger partial charge in [0.25, 0.3) is 0 Å². The molecule has 0 saturated heterocycles. The number of esters is 1. The number of amides is 1. The highest BCUT2D eigenvalue weighted by atomic mass is 16.5. The fourth-order valence-electron chi connectivity index (χ4n) is 4.10. The van der Waals surface area contributed by atoms with Gasteiger partial charge in [-0.05, 0) is 24.1 Å². The van der Waals surface area contributed by atoms with Gasteiger partial charge in [-0.1, -0.05) is 48.0 Å². The summed E-state index contributed by atoms with van der Waals surface area (Å²) in [6.45, 7) is 3.53. The molecule has 1 aliphatic rings. The van der Waals surface area contributed by atoms with Crippen LogP contribution in [0.3, 0.4) is 0 Å². The van der Waals surface area contributed by atoms with E-state index in [1.807, 2.05) is 49.4 Å². The molecule has 138 valence electrons. The molecule has 2 unspecified atom stereocenters. The first-order chi connectivity index (χ1) is 13.0. The second kappa shape index (κ2) is 6.58. The summed E-state index contributed by atoms with van der Waals surface area (Å²) < 4.78 is 5.03. The average Bonchev–Trinajstić information content (AvgIpc) is 3.05. The minimum atomic E-state index is -0.648. The summed E-state index contributed by atoms with van der Waals surface area (Å²) in [4.78, 5) is 30.3.